The standard InChI is InChI=1S/C18H22N2O4/c1-12(2)11-20(8-7-17(21)22)18(23)15-10-16(24-19-15)14-6-4-5-13(3)9-14/h4-6,9-10,12H,7-8,11H2,1-3H3,(H,21,22). The molecule has 6 heteroatoms. The molecule has 0 atom stereocenters. The van der Waals surface area contributed by atoms with Gasteiger partial charge in [0, 0.05) is 24.7 Å². The molecule has 128 valence electrons. The van der Waals surface area contributed by atoms with Crippen molar-refractivity contribution < 1.29 is 19.2 Å². The van der Waals surface area contributed by atoms with Crippen LogP contribution in [0.4, 0.5) is 0 Å². The zero-order valence-corrected chi connectivity index (χ0v) is 14.2. The quantitative estimate of drug-likeness (QED) is 0.842. The minimum Gasteiger partial charge on any atom is -0.481 e. The number of hydrogen-bond acceptors (Lipinski definition) is 4. The van der Waals surface area contributed by atoms with Gasteiger partial charge in [0.1, 0.15) is 0 Å². The largest absolute Gasteiger partial charge is 0.481 e. The van der Waals surface area contributed by atoms with E-state index in [1.165, 1.54) is 4.90 Å². The van der Waals surface area contributed by atoms with Crippen LogP contribution in [-0.4, -0.2) is 40.1 Å². The number of nitrogens with zero attached hydrogens (tertiary/aromatic N) is 2. The van der Waals surface area contributed by atoms with Crippen LogP contribution in [0, 0.1) is 12.8 Å². The smallest absolute Gasteiger partial charge is 0.305 e. The Bertz CT molecular complexity index is 721. The highest BCUT2D eigenvalue weighted by Gasteiger charge is 2.22. The summed E-state index contributed by atoms with van der Waals surface area (Å²) in [4.78, 5) is 24.9. The van der Waals surface area contributed by atoms with Crippen molar-refractivity contribution in [1.29, 1.82) is 0 Å². The molecule has 2 rings (SSSR count). The summed E-state index contributed by atoms with van der Waals surface area (Å²) in [6, 6.07) is 9.32. The maximum absolute atomic E-state index is 12.6. The fourth-order valence-corrected chi connectivity index (χ4v) is 2.42. The van der Waals surface area contributed by atoms with Gasteiger partial charge >= 0.3 is 5.97 Å². The normalized spacial score (nSPS) is 10.8. The molecule has 0 fully saturated rings. The van der Waals surface area contributed by atoms with Crippen molar-refractivity contribution in [3.05, 3.63) is 41.6 Å². The predicted molar refractivity (Wildman–Crippen MR) is 89.7 cm³/mol. The molecular weight excluding hydrogens is 308 g/mol. The van der Waals surface area contributed by atoms with Crippen LogP contribution in [0.3, 0.4) is 0 Å². The maximum atomic E-state index is 12.6. The minimum atomic E-state index is -0.933. The Morgan fingerprint density at radius 2 is 2.04 bits per heavy atom. The lowest BCUT2D eigenvalue weighted by atomic mass is 10.1. The Labute approximate surface area is 141 Å². The van der Waals surface area contributed by atoms with Gasteiger partial charge in [0.25, 0.3) is 5.91 Å². The molecule has 6 nitrogen and oxygen atoms in total. The summed E-state index contributed by atoms with van der Waals surface area (Å²) in [6.07, 6.45) is -0.0962. The highest BCUT2D eigenvalue weighted by molar-refractivity contribution is 5.93. The molecular formula is C18H22N2O4. The average Bonchev–Trinajstić information content (AvgIpc) is 3.00. The fraction of sp³-hybridized carbons (Fsp3) is 0.389. The van der Waals surface area contributed by atoms with Gasteiger partial charge in [0.2, 0.25) is 0 Å². The van der Waals surface area contributed by atoms with Gasteiger partial charge in [-0.3, -0.25) is 9.59 Å². The van der Waals surface area contributed by atoms with Crippen molar-refractivity contribution in [3.8, 4) is 11.3 Å². The molecule has 0 aliphatic carbocycles. The molecule has 0 spiro atoms. The van der Waals surface area contributed by atoms with Gasteiger partial charge in [0.15, 0.2) is 11.5 Å². The monoisotopic (exact) mass is 330 g/mol. The average molecular weight is 330 g/mol. The first-order valence-electron chi connectivity index (χ1n) is 7.91. The molecule has 0 aliphatic heterocycles. The number of carboxylic acid groups (broad SMARTS) is 1. The highest BCUT2D eigenvalue weighted by Crippen LogP contribution is 2.22. The van der Waals surface area contributed by atoms with E-state index in [1.54, 1.807) is 6.07 Å². The molecule has 0 saturated carbocycles. The van der Waals surface area contributed by atoms with Crippen LogP contribution in [0.2, 0.25) is 0 Å². The summed E-state index contributed by atoms with van der Waals surface area (Å²) in [7, 11) is 0. The Kier molecular flexibility index (Phi) is 5.73. The second kappa shape index (κ2) is 7.77. The Balaban J connectivity index is 2.19. The van der Waals surface area contributed by atoms with E-state index in [0.29, 0.717) is 12.3 Å². The number of hydrogen-bond donors (Lipinski definition) is 1. The molecule has 0 saturated heterocycles. The van der Waals surface area contributed by atoms with E-state index in [9.17, 15) is 9.59 Å². The van der Waals surface area contributed by atoms with Gasteiger partial charge in [-0.25, -0.2) is 0 Å². The van der Waals surface area contributed by atoms with Crippen LogP contribution >= 0.6 is 0 Å². The summed E-state index contributed by atoms with van der Waals surface area (Å²) >= 11 is 0. The Morgan fingerprint density at radius 1 is 1.29 bits per heavy atom. The molecule has 1 aromatic carbocycles. The van der Waals surface area contributed by atoms with E-state index in [2.05, 4.69) is 5.16 Å². The zero-order valence-electron chi connectivity index (χ0n) is 14.2. The van der Waals surface area contributed by atoms with Gasteiger partial charge in [-0.1, -0.05) is 42.8 Å². The third-order valence-electron chi connectivity index (χ3n) is 3.50. The van der Waals surface area contributed by atoms with Crippen molar-refractivity contribution >= 4 is 11.9 Å². The molecule has 0 radical (unpaired) electrons. The van der Waals surface area contributed by atoms with Gasteiger partial charge < -0.3 is 14.5 Å². The number of benzene rings is 1. The lowest BCUT2D eigenvalue weighted by Crippen LogP contribution is -2.36. The zero-order chi connectivity index (χ0) is 17.7. The SMILES string of the molecule is Cc1cccc(-c2cc(C(=O)N(CCC(=O)O)CC(C)C)no2)c1. The molecule has 1 heterocycles. The maximum Gasteiger partial charge on any atom is 0.305 e. The fourth-order valence-electron chi connectivity index (χ4n) is 2.42. The molecule has 1 amide bonds. The van der Waals surface area contributed by atoms with E-state index in [1.807, 2.05) is 45.0 Å². The number of carboxylic acids is 1. The van der Waals surface area contributed by atoms with Crippen LogP contribution < -0.4 is 0 Å². The molecule has 1 N–H and O–H groups in total. The van der Waals surface area contributed by atoms with E-state index >= 15 is 0 Å². The summed E-state index contributed by atoms with van der Waals surface area (Å²) in [5, 5.41) is 12.7. The van der Waals surface area contributed by atoms with E-state index in [4.69, 9.17) is 9.63 Å². The number of carbonyl (C=O) groups excluding carboxylic acids is 1. The second-order valence-electron chi connectivity index (χ2n) is 6.23. The second-order valence-corrected chi connectivity index (χ2v) is 6.23. The summed E-state index contributed by atoms with van der Waals surface area (Å²) in [5.74, 6) is -0.500. The first-order valence-corrected chi connectivity index (χ1v) is 7.91. The summed E-state index contributed by atoms with van der Waals surface area (Å²) in [5.41, 5.74) is 2.12. The van der Waals surface area contributed by atoms with Crippen molar-refractivity contribution in [2.24, 2.45) is 5.92 Å². The number of aliphatic carboxylic acids is 1. The van der Waals surface area contributed by atoms with E-state index in [-0.39, 0.29) is 30.5 Å². The minimum absolute atomic E-state index is 0.0962. The Morgan fingerprint density at radius 3 is 2.67 bits per heavy atom. The summed E-state index contributed by atoms with van der Waals surface area (Å²) < 4.78 is 5.29. The number of aromatic nitrogens is 1. The molecule has 0 unspecified atom stereocenters. The topological polar surface area (TPSA) is 83.6 Å². The number of rotatable bonds is 7. The van der Waals surface area contributed by atoms with Crippen molar-refractivity contribution in [2.75, 3.05) is 13.1 Å². The number of amides is 1. The van der Waals surface area contributed by atoms with E-state index < -0.39 is 5.97 Å². The lowest BCUT2D eigenvalue weighted by molar-refractivity contribution is -0.137. The molecule has 0 bridgehead atoms. The third kappa shape index (κ3) is 4.68. The van der Waals surface area contributed by atoms with Crippen LogP contribution in [0.15, 0.2) is 34.9 Å². The first kappa shape index (κ1) is 17.7. The molecule has 0 aliphatic rings. The van der Waals surface area contributed by atoms with Gasteiger partial charge in [-0.15, -0.1) is 0 Å². The summed E-state index contributed by atoms with van der Waals surface area (Å²) in [6.45, 7) is 6.55. The van der Waals surface area contributed by atoms with Crippen LogP contribution in [0.25, 0.3) is 11.3 Å². The third-order valence-corrected chi connectivity index (χ3v) is 3.50. The Hall–Kier alpha value is -2.63. The van der Waals surface area contributed by atoms with Crippen molar-refractivity contribution in [3.63, 3.8) is 0 Å². The molecule has 2 aromatic rings. The van der Waals surface area contributed by atoms with Gasteiger partial charge in [0.05, 0.1) is 6.42 Å². The molecule has 1 aromatic heterocycles. The van der Waals surface area contributed by atoms with E-state index in [0.717, 1.165) is 11.1 Å². The first-order chi connectivity index (χ1) is 11.4. The lowest BCUT2D eigenvalue weighted by Gasteiger charge is -2.22. The van der Waals surface area contributed by atoms with Crippen LogP contribution in [0.5, 0.6) is 0 Å². The van der Waals surface area contributed by atoms with Gasteiger partial charge in [-0.2, -0.15) is 0 Å². The van der Waals surface area contributed by atoms with Crippen LogP contribution in [0.1, 0.15) is 36.3 Å². The highest BCUT2D eigenvalue weighted by atomic mass is 16.5. The van der Waals surface area contributed by atoms with Crippen molar-refractivity contribution in [2.45, 2.75) is 27.2 Å². The predicted octanol–water partition coefficient (Wildman–Crippen LogP) is 3.22. The van der Waals surface area contributed by atoms with Crippen LogP contribution in [-0.2, 0) is 4.79 Å². The van der Waals surface area contributed by atoms with Crippen molar-refractivity contribution in [1.82, 2.24) is 10.1 Å². The van der Waals surface area contributed by atoms with Gasteiger partial charge in [-0.05, 0) is 18.9 Å². The molecule has 24 heavy (non-hydrogen) atoms. The number of carbonyl (C=O) groups is 2. The number of aryl methyl sites for hydroxylation is 1.